The topological polar surface area (TPSA) is 59.8 Å². The number of nitrogens with zero attached hydrogens (tertiary/aromatic N) is 3. The molecule has 2 aromatic carbocycles. The number of nitrogens with one attached hydrogen (secondary N) is 1. The smallest absolute Gasteiger partial charge is 0.237 e. The van der Waals surface area contributed by atoms with Gasteiger partial charge in [0.05, 0.1) is 10.9 Å². The van der Waals surface area contributed by atoms with E-state index in [0.29, 0.717) is 11.6 Å². The van der Waals surface area contributed by atoms with Gasteiger partial charge in [0.15, 0.2) is 22.6 Å². The van der Waals surface area contributed by atoms with E-state index in [9.17, 15) is 18.0 Å². The largest absolute Gasteiger partial charge is 0.323 e. The minimum absolute atomic E-state index is 0.418. The van der Waals surface area contributed by atoms with Gasteiger partial charge in [-0.15, -0.1) is 10.2 Å². The van der Waals surface area contributed by atoms with Crippen LogP contribution in [0.3, 0.4) is 0 Å². The number of hydrogen-bond acceptors (Lipinski definition) is 4. The molecule has 3 rings (SSSR count). The number of aromatic nitrogens is 3. The Morgan fingerprint density at radius 2 is 1.82 bits per heavy atom. The Labute approximate surface area is 164 Å². The molecule has 0 radical (unpaired) electrons. The lowest BCUT2D eigenvalue weighted by atomic mass is 10.1. The fraction of sp³-hybridized carbons (Fsp3) is 0.211. The summed E-state index contributed by atoms with van der Waals surface area (Å²) in [5, 5.41) is 10.4. The number of carbonyl (C=O) groups is 1. The average molecular weight is 406 g/mol. The van der Waals surface area contributed by atoms with E-state index in [-0.39, 0.29) is 0 Å². The Bertz CT molecular complexity index is 994. The first-order valence-corrected chi connectivity index (χ1v) is 9.28. The lowest BCUT2D eigenvalue weighted by Crippen LogP contribution is -2.23. The molecule has 0 saturated carbocycles. The van der Waals surface area contributed by atoms with Crippen molar-refractivity contribution < 1.29 is 18.0 Å². The van der Waals surface area contributed by atoms with Gasteiger partial charge in [-0.1, -0.05) is 42.1 Å². The highest BCUT2D eigenvalue weighted by atomic mass is 32.2. The van der Waals surface area contributed by atoms with E-state index in [1.807, 2.05) is 30.3 Å². The van der Waals surface area contributed by atoms with Gasteiger partial charge in [0.25, 0.3) is 0 Å². The summed E-state index contributed by atoms with van der Waals surface area (Å²) in [6.45, 7) is 1.60. The summed E-state index contributed by atoms with van der Waals surface area (Å²) in [6, 6.07) is 11.5. The van der Waals surface area contributed by atoms with E-state index in [0.717, 1.165) is 35.3 Å². The number of benzene rings is 2. The third-order valence-corrected chi connectivity index (χ3v) is 5.21. The summed E-state index contributed by atoms with van der Waals surface area (Å²) in [7, 11) is 1.79. The Morgan fingerprint density at radius 3 is 2.54 bits per heavy atom. The minimum atomic E-state index is -1.63. The van der Waals surface area contributed by atoms with Crippen molar-refractivity contribution in [1.29, 1.82) is 0 Å². The van der Waals surface area contributed by atoms with Crippen LogP contribution in [-0.2, 0) is 18.3 Å². The molecule has 1 heterocycles. The summed E-state index contributed by atoms with van der Waals surface area (Å²) in [4.78, 5) is 12.3. The number of carbonyl (C=O) groups excluding carboxylic acids is 1. The van der Waals surface area contributed by atoms with Crippen LogP contribution in [-0.4, -0.2) is 25.9 Å². The van der Waals surface area contributed by atoms with E-state index < -0.39 is 34.3 Å². The van der Waals surface area contributed by atoms with Crippen molar-refractivity contribution >= 4 is 23.4 Å². The van der Waals surface area contributed by atoms with Crippen molar-refractivity contribution in [2.45, 2.75) is 23.8 Å². The molecule has 0 aliphatic rings. The van der Waals surface area contributed by atoms with Crippen molar-refractivity contribution in [3.63, 3.8) is 0 Å². The molecule has 1 aromatic heterocycles. The van der Waals surface area contributed by atoms with Crippen LogP contribution in [0.25, 0.3) is 0 Å². The van der Waals surface area contributed by atoms with E-state index >= 15 is 0 Å². The molecule has 9 heteroatoms. The summed E-state index contributed by atoms with van der Waals surface area (Å²) < 4.78 is 41.8. The second kappa shape index (κ2) is 8.47. The molecule has 0 aliphatic carbocycles. The van der Waals surface area contributed by atoms with Gasteiger partial charge in [-0.3, -0.25) is 4.79 Å². The summed E-state index contributed by atoms with van der Waals surface area (Å²) in [5.41, 5.74) is 0.660. The summed E-state index contributed by atoms with van der Waals surface area (Å²) in [6.07, 6.45) is 0.589. The van der Waals surface area contributed by atoms with Gasteiger partial charge in [-0.2, -0.15) is 0 Å². The molecule has 0 aliphatic heterocycles. The lowest BCUT2D eigenvalue weighted by Gasteiger charge is -2.12. The molecular weight excluding hydrogens is 389 g/mol. The zero-order valence-corrected chi connectivity index (χ0v) is 15.9. The van der Waals surface area contributed by atoms with Gasteiger partial charge in [-0.25, -0.2) is 13.2 Å². The maximum absolute atomic E-state index is 13.7. The van der Waals surface area contributed by atoms with Crippen LogP contribution in [0, 0.1) is 17.5 Å². The van der Waals surface area contributed by atoms with Gasteiger partial charge < -0.3 is 9.88 Å². The van der Waals surface area contributed by atoms with E-state index in [2.05, 4.69) is 15.5 Å². The van der Waals surface area contributed by atoms with Crippen molar-refractivity contribution in [3.05, 3.63) is 71.3 Å². The standard InChI is InChI=1S/C19H17F3N4OS/c1-11(18(27)23-14-9-8-13(20)16(21)17(14)22)28-19-25-24-15(26(19)2)10-12-6-4-3-5-7-12/h3-9,11H,10H2,1-2H3,(H,23,27)/t11-/m1/s1. The number of halogens is 3. The number of rotatable bonds is 6. The quantitative estimate of drug-likeness (QED) is 0.498. The van der Waals surface area contributed by atoms with E-state index in [1.165, 1.54) is 0 Å². The number of anilines is 1. The summed E-state index contributed by atoms with van der Waals surface area (Å²) >= 11 is 1.13. The van der Waals surface area contributed by atoms with E-state index in [4.69, 9.17) is 0 Å². The average Bonchev–Trinajstić information content (AvgIpc) is 3.02. The van der Waals surface area contributed by atoms with Crippen molar-refractivity contribution in [2.24, 2.45) is 7.05 Å². The highest BCUT2D eigenvalue weighted by molar-refractivity contribution is 8.00. The Morgan fingerprint density at radius 1 is 1.11 bits per heavy atom. The third-order valence-electron chi connectivity index (χ3n) is 4.07. The Balaban J connectivity index is 1.67. The van der Waals surface area contributed by atoms with E-state index in [1.54, 1.807) is 18.5 Å². The zero-order chi connectivity index (χ0) is 20.3. The molecule has 0 spiro atoms. The van der Waals surface area contributed by atoms with Crippen molar-refractivity contribution in [3.8, 4) is 0 Å². The first-order chi connectivity index (χ1) is 13.4. The zero-order valence-electron chi connectivity index (χ0n) is 15.1. The second-order valence-corrected chi connectivity index (χ2v) is 7.40. The first kappa shape index (κ1) is 19.9. The molecule has 1 amide bonds. The summed E-state index contributed by atoms with van der Waals surface area (Å²) in [5.74, 6) is -4.22. The molecule has 0 fully saturated rings. The second-order valence-electron chi connectivity index (χ2n) is 6.09. The van der Waals surface area contributed by atoms with Crippen LogP contribution in [0.5, 0.6) is 0 Å². The van der Waals surface area contributed by atoms with Crippen LogP contribution < -0.4 is 5.32 Å². The Hall–Kier alpha value is -2.81. The van der Waals surface area contributed by atoms with Crippen molar-refractivity contribution in [2.75, 3.05) is 5.32 Å². The van der Waals surface area contributed by atoms with Crippen LogP contribution in [0.2, 0.25) is 0 Å². The normalized spacial score (nSPS) is 12.0. The highest BCUT2D eigenvalue weighted by Gasteiger charge is 2.21. The molecule has 5 nitrogen and oxygen atoms in total. The number of amides is 1. The fourth-order valence-corrected chi connectivity index (χ4v) is 3.28. The van der Waals surface area contributed by atoms with Crippen molar-refractivity contribution in [1.82, 2.24) is 14.8 Å². The fourth-order valence-electron chi connectivity index (χ4n) is 2.45. The SMILES string of the molecule is C[C@@H](Sc1nnc(Cc2ccccc2)n1C)C(=O)Nc1ccc(F)c(F)c1F. The maximum Gasteiger partial charge on any atom is 0.237 e. The van der Waals surface area contributed by atoms with Gasteiger partial charge in [0.1, 0.15) is 5.82 Å². The lowest BCUT2D eigenvalue weighted by molar-refractivity contribution is -0.115. The molecule has 1 atom stereocenters. The Kier molecular flexibility index (Phi) is 6.03. The number of hydrogen-bond donors (Lipinski definition) is 1. The van der Waals surface area contributed by atoms with Gasteiger partial charge in [0, 0.05) is 13.5 Å². The number of thioether (sulfide) groups is 1. The third kappa shape index (κ3) is 4.36. The van der Waals surface area contributed by atoms with Crippen LogP contribution >= 0.6 is 11.8 Å². The monoisotopic (exact) mass is 406 g/mol. The molecule has 0 bridgehead atoms. The van der Waals surface area contributed by atoms with Crippen LogP contribution in [0.1, 0.15) is 18.3 Å². The molecule has 28 heavy (non-hydrogen) atoms. The first-order valence-electron chi connectivity index (χ1n) is 8.40. The highest BCUT2D eigenvalue weighted by Crippen LogP contribution is 2.25. The molecule has 0 unspecified atom stereocenters. The molecular formula is C19H17F3N4OS. The molecule has 3 aromatic rings. The van der Waals surface area contributed by atoms with Crippen LogP contribution in [0.15, 0.2) is 47.6 Å². The predicted octanol–water partition coefficient (Wildman–Crippen LogP) is 3.94. The van der Waals surface area contributed by atoms with Gasteiger partial charge in [0.2, 0.25) is 5.91 Å². The predicted molar refractivity (Wildman–Crippen MR) is 101 cm³/mol. The molecule has 0 saturated heterocycles. The van der Waals surface area contributed by atoms with Crippen LogP contribution in [0.4, 0.5) is 18.9 Å². The van der Waals surface area contributed by atoms with Gasteiger partial charge >= 0.3 is 0 Å². The molecule has 1 N–H and O–H groups in total. The minimum Gasteiger partial charge on any atom is -0.323 e. The van der Waals surface area contributed by atoms with Gasteiger partial charge in [-0.05, 0) is 24.6 Å². The molecule has 146 valence electrons. The maximum atomic E-state index is 13.7.